The van der Waals surface area contributed by atoms with Crippen LogP contribution in [0.15, 0.2) is 121 Å². The molecule has 0 aliphatic carbocycles. The summed E-state index contributed by atoms with van der Waals surface area (Å²) in [6.07, 6.45) is 0. The van der Waals surface area contributed by atoms with Gasteiger partial charge in [-0.1, -0.05) is 214 Å². The van der Waals surface area contributed by atoms with Crippen LogP contribution in [-0.4, -0.2) is 0 Å². The predicted octanol–water partition coefficient (Wildman–Crippen LogP) is 13.1. The molecular formula is C39H62. The van der Waals surface area contributed by atoms with Gasteiger partial charge in [0.05, 0.1) is 0 Å². The summed E-state index contributed by atoms with van der Waals surface area (Å²) in [5.41, 5.74) is 5.66. The lowest BCUT2D eigenvalue weighted by Gasteiger charge is -2.18. The van der Waals surface area contributed by atoms with Gasteiger partial charge in [-0.2, -0.15) is 0 Å². The molecule has 0 nitrogen and oxygen atoms in total. The monoisotopic (exact) mass is 530 g/mol. The largest absolute Gasteiger partial charge is 0.0683 e. The molecule has 0 heterocycles. The van der Waals surface area contributed by atoms with Gasteiger partial charge in [-0.3, -0.25) is 0 Å². The molecule has 0 bridgehead atoms. The Morgan fingerprint density at radius 1 is 0.308 bits per heavy atom. The second-order valence-electron chi connectivity index (χ2n) is 8.58. The SMILES string of the molecule is CC.CC.CC.CC.CC(C)(C)c1ccccc1.Cc1ccccc1.Cc1ccccc1.Cc1ccccc1. The van der Waals surface area contributed by atoms with Gasteiger partial charge < -0.3 is 0 Å². The van der Waals surface area contributed by atoms with Crippen LogP contribution in [0.4, 0.5) is 0 Å². The van der Waals surface area contributed by atoms with Gasteiger partial charge in [-0.25, -0.2) is 0 Å². The van der Waals surface area contributed by atoms with Gasteiger partial charge in [0.25, 0.3) is 0 Å². The Morgan fingerprint density at radius 2 is 0.487 bits per heavy atom. The van der Waals surface area contributed by atoms with E-state index in [0.717, 1.165) is 0 Å². The average Bonchev–Trinajstić information content (AvgIpc) is 3.00. The van der Waals surface area contributed by atoms with Gasteiger partial charge in [0.2, 0.25) is 0 Å². The van der Waals surface area contributed by atoms with E-state index >= 15 is 0 Å². The quantitative estimate of drug-likeness (QED) is 0.212. The minimum atomic E-state index is 0.293. The Morgan fingerprint density at radius 3 is 0.590 bits per heavy atom. The third kappa shape index (κ3) is 31.0. The van der Waals surface area contributed by atoms with Crippen LogP contribution in [0.2, 0.25) is 0 Å². The zero-order valence-corrected chi connectivity index (χ0v) is 28.0. The number of hydrogen-bond donors (Lipinski definition) is 0. The fourth-order valence-electron chi connectivity index (χ4n) is 2.54. The third-order valence-electron chi connectivity index (χ3n) is 4.46. The normalized spacial score (nSPS) is 8.26. The van der Waals surface area contributed by atoms with Crippen LogP contribution in [0, 0.1) is 20.8 Å². The van der Waals surface area contributed by atoms with Crippen LogP contribution >= 0.6 is 0 Å². The van der Waals surface area contributed by atoms with E-state index < -0.39 is 0 Å². The summed E-state index contributed by atoms with van der Waals surface area (Å²) in [5.74, 6) is 0. The first kappa shape index (κ1) is 43.0. The molecule has 0 aliphatic heterocycles. The maximum Gasteiger partial charge on any atom is -0.0132 e. The summed E-state index contributed by atoms with van der Waals surface area (Å²) >= 11 is 0. The topological polar surface area (TPSA) is 0 Å². The predicted molar refractivity (Wildman–Crippen MR) is 184 cm³/mol. The van der Waals surface area contributed by atoms with E-state index in [1.54, 1.807) is 0 Å². The number of rotatable bonds is 0. The van der Waals surface area contributed by atoms with Crippen LogP contribution in [0.25, 0.3) is 0 Å². The highest BCUT2D eigenvalue weighted by atomic mass is 14.2. The molecule has 4 aromatic rings. The van der Waals surface area contributed by atoms with E-state index in [0.29, 0.717) is 5.41 Å². The second-order valence-corrected chi connectivity index (χ2v) is 8.58. The maximum absolute atomic E-state index is 2.22. The van der Waals surface area contributed by atoms with Crippen LogP contribution < -0.4 is 0 Å². The molecule has 0 atom stereocenters. The third-order valence-corrected chi connectivity index (χ3v) is 4.46. The summed E-state index contributed by atoms with van der Waals surface area (Å²) in [4.78, 5) is 0. The van der Waals surface area contributed by atoms with Crippen LogP contribution in [0.5, 0.6) is 0 Å². The van der Waals surface area contributed by atoms with Crippen molar-refractivity contribution in [2.75, 3.05) is 0 Å². The van der Waals surface area contributed by atoms with Gasteiger partial charge in [0.15, 0.2) is 0 Å². The van der Waals surface area contributed by atoms with Crippen LogP contribution in [0.1, 0.15) is 98.4 Å². The highest BCUT2D eigenvalue weighted by Gasteiger charge is 2.11. The smallest absolute Gasteiger partial charge is 0.0132 e. The minimum absolute atomic E-state index is 0.293. The maximum atomic E-state index is 2.22. The first-order chi connectivity index (χ1) is 18.8. The van der Waals surface area contributed by atoms with E-state index in [1.165, 1.54) is 22.3 Å². The number of benzene rings is 4. The van der Waals surface area contributed by atoms with Crippen molar-refractivity contribution >= 4 is 0 Å². The van der Waals surface area contributed by atoms with Gasteiger partial charge in [0, 0.05) is 0 Å². The van der Waals surface area contributed by atoms with Crippen LogP contribution in [-0.2, 0) is 5.41 Å². The van der Waals surface area contributed by atoms with Gasteiger partial charge in [-0.15, -0.1) is 0 Å². The standard InChI is InChI=1S/C10H14.3C7H8.4C2H6/c1-10(2,3)9-7-5-4-6-8-9;3*1-7-5-3-2-4-6-7;4*1-2/h4-8H,1-3H3;3*2-6H,1H3;4*1-2H3. The van der Waals surface area contributed by atoms with E-state index in [4.69, 9.17) is 0 Å². The van der Waals surface area contributed by atoms with Crippen molar-refractivity contribution in [3.8, 4) is 0 Å². The van der Waals surface area contributed by atoms with E-state index in [-0.39, 0.29) is 0 Å². The Kier molecular flexibility index (Phi) is 36.2. The molecule has 4 rings (SSSR count). The first-order valence-electron chi connectivity index (χ1n) is 14.9. The summed E-state index contributed by atoms with van der Waals surface area (Å²) < 4.78 is 0. The average molecular weight is 531 g/mol. The summed E-state index contributed by atoms with van der Waals surface area (Å²) in [6, 6.07) is 41.3. The van der Waals surface area contributed by atoms with Gasteiger partial charge in [0.1, 0.15) is 0 Å². The minimum Gasteiger partial charge on any atom is -0.0683 e. The van der Waals surface area contributed by atoms with Gasteiger partial charge in [-0.05, 0) is 31.7 Å². The van der Waals surface area contributed by atoms with E-state index in [9.17, 15) is 0 Å². The molecule has 0 radical (unpaired) electrons. The lowest BCUT2D eigenvalue weighted by atomic mass is 9.87. The van der Waals surface area contributed by atoms with Crippen molar-refractivity contribution in [3.05, 3.63) is 144 Å². The molecule has 0 spiro atoms. The van der Waals surface area contributed by atoms with Crippen molar-refractivity contribution in [2.45, 2.75) is 102 Å². The first-order valence-corrected chi connectivity index (χ1v) is 14.9. The Labute approximate surface area is 245 Å². The highest BCUT2D eigenvalue weighted by Crippen LogP contribution is 2.20. The lowest BCUT2D eigenvalue weighted by Crippen LogP contribution is -2.10. The molecule has 0 saturated heterocycles. The van der Waals surface area contributed by atoms with Gasteiger partial charge >= 0.3 is 0 Å². The second kappa shape index (κ2) is 32.9. The Balaban J connectivity index is -0.000000194. The van der Waals surface area contributed by atoms with E-state index in [1.807, 2.05) is 110 Å². The van der Waals surface area contributed by atoms with Crippen molar-refractivity contribution in [3.63, 3.8) is 0 Å². The molecule has 0 saturated carbocycles. The highest BCUT2D eigenvalue weighted by molar-refractivity contribution is 5.22. The number of hydrogen-bond acceptors (Lipinski definition) is 0. The summed E-state index contributed by atoms with van der Waals surface area (Å²) in [7, 11) is 0. The molecule has 0 heteroatoms. The molecule has 0 fully saturated rings. The molecule has 218 valence electrons. The molecule has 0 aromatic heterocycles. The van der Waals surface area contributed by atoms with Crippen molar-refractivity contribution in [1.29, 1.82) is 0 Å². The van der Waals surface area contributed by atoms with E-state index in [2.05, 4.69) is 108 Å². The Bertz CT molecular complexity index is 814. The zero-order valence-electron chi connectivity index (χ0n) is 28.0. The number of aryl methyl sites for hydroxylation is 3. The summed E-state index contributed by atoms with van der Waals surface area (Å²) in [5, 5.41) is 0. The summed E-state index contributed by atoms with van der Waals surface area (Å²) in [6.45, 7) is 28.9. The lowest BCUT2D eigenvalue weighted by molar-refractivity contribution is 0.590. The fraction of sp³-hybridized carbons (Fsp3) is 0.385. The van der Waals surface area contributed by atoms with Crippen molar-refractivity contribution < 1.29 is 0 Å². The molecule has 0 unspecified atom stereocenters. The molecule has 4 aromatic carbocycles. The van der Waals surface area contributed by atoms with Crippen molar-refractivity contribution in [1.82, 2.24) is 0 Å². The molecule has 39 heavy (non-hydrogen) atoms. The van der Waals surface area contributed by atoms with Crippen LogP contribution in [0.3, 0.4) is 0 Å². The Hall–Kier alpha value is -3.12. The molecular weight excluding hydrogens is 468 g/mol. The molecule has 0 aliphatic rings. The fourth-order valence-corrected chi connectivity index (χ4v) is 2.54. The zero-order chi connectivity index (χ0) is 31.0. The van der Waals surface area contributed by atoms with Crippen molar-refractivity contribution in [2.24, 2.45) is 0 Å². The molecule has 0 N–H and O–H groups in total. The molecule has 0 amide bonds.